The lowest BCUT2D eigenvalue weighted by atomic mass is 10.00. The summed E-state index contributed by atoms with van der Waals surface area (Å²) in [6.45, 7) is 1.78. The number of amides is 2. The van der Waals surface area contributed by atoms with Gasteiger partial charge in [-0.15, -0.1) is 0 Å². The van der Waals surface area contributed by atoms with Crippen LogP contribution in [0.5, 0.6) is 0 Å². The Morgan fingerprint density at radius 2 is 2.00 bits per heavy atom. The van der Waals surface area contributed by atoms with Crippen LogP contribution in [-0.2, 0) is 9.59 Å². The first-order valence-electron chi connectivity index (χ1n) is 7.94. The smallest absolute Gasteiger partial charge is 0.303 e. The third-order valence-corrected chi connectivity index (χ3v) is 4.31. The highest BCUT2D eigenvalue weighted by Gasteiger charge is 2.28. The Labute approximate surface area is 141 Å². The van der Waals surface area contributed by atoms with Crippen molar-refractivity contribution in [3.8, 4) is 0 Å². The zero-order valence-electron chi connectivity index (χ0n) is 14.0. The number of hydrogen-bond donors (Lipinski definition) is 2. The summed E-state index contributed by atoms with van der Waals surface area (Å²) >= 11 is 0. The molecule has 2 amide bonds. The first-order chi connectivity index (χ1) is 11.4. The van der Waals surface area contributed by atoms with Crippen molar-refractivity contribution in [3.05, 3.63) is 35.4 Å². The Hall–Kier alpha value is -2.41. The molecule has 0 spiro atoms. The molecule has 1 aliphatic heterocycles. The number of nitrogens with one attached hydrogen (secondary N) is 1. The number of carbonyl (C=O) groups excluding carboxylic acids is 2. The van der Waals surface area contributed by atoms with Crippen LogP contribution in [-0.4, -0.2) is 66.4 Å². The molecule has 1 aromatic carbocycles. The van der Waals surface area contributed by atoms with Gasteiger partial charge in [-0.2, -0.15) is 0 Å². The fourth-order valence-corrected chi connectivity index (χ4v) is 2.86. The number of piperazine rings is 1. The Bertz CT molecular complexity index is 632. The Balaban J connectivity index is 2.12. The fourth-order valence-electron chi connectivity index (χ4n) is 2.86. The van der Waals surface area contributed by atoms with Gasteiger partial charge in [0.25, 0.3) is 5.91 Å². The molecule has 2 N–H and O–H groups in total. The predicted octanol–water partition coefficient (Wildman–Crippen LogP) is 0.726. The number of likely N-dealkylation sites (N-methyl/N-ethyl adjacent to an activating group) is 1. The van der Waals surface area contributed by atoms with E-state index in [-0.39, 0.29) is 30.7 Å². The van der Waals surface area contributed by atoms with E-state index >= 15 is 0 Å². The molecule has 24 heavy (non-hydrogen) atoms. The maximum absolute atomic E-state index is 12.2. The number of benzene rings is 1. The largest absolute Gasteiger partial charge is 0.481 e. The lowest BCUT2D eigenvalue weighted by Crippen LogP contribution is -2.49. The second-order valence-electron chi connectivity index (χ2n) is 5.93. The van der Waals surface area contributed by atoms with E-state index in [9.17, 15) is 14.4 Å². The van der Waals surface area contributed by atoms with Crippen molar-refractivity contribution in [2.75, 3.05) is 33.7 Å². The number of rotatable bonds is 5. The quantitative estimate of drug-likeness (QED) is 0.829. The number of nitrogens with zero attached hydrogens (tertiary/aromatic N) is 2. The molecule has 1 saturated heterocycles. The zero-order chi connectivity index (χ0) is 17.7. The summed E-state index contributed by atoms with van der Waals surface area (Å²) in [4.78, 5) is 38.5. The zero-order valence-corrected chi connectivity index (χ0v) is 14.0. The SMILES string of the molecule is CNC(=O)c1cccc([C@H]2CN(C(=O)CCC(=O)O)CCN2C)c1. The van der Waals surface area contributed by atoms with Gasteiger partial charge >= 0.3 is 5.97 Å². The van der Waals surface area contributed by atoms with Gasteiger partial charge in [0.15, 0.2) is 0 Å². The summed E-state index contributed by atoms with van der Waals surface area (Å²) in [7, 11) is 3.57. The average molecular weight is 333 g/mol. The maximum atomic E-state index is 12.2. The summed E-state index contributed by atoms with van der Waals surface area (Å²) < 4.78 is 0. The van der Waals surface area contributed by atoms with Gasteiger partial charge < -0.3 is 15.3 Å². The van der Waals surface area contributed by atoms with Crippen LogP contribution >= 0.6 is 0 Å². The molecule has 0 saturated carbocycles. The number of aliphatic carboxylic acids is 1. The minimum atomic E-state index is -0.965. The van der Waals surface area contributed by atoms with Crippen molar-refractivity contribution in [1.82, 2.24) is 15.1 Å². The van der Waals surface area contributed by atoms with Gasteiger partial charge in [-0.25, -0.2) is 0 Å². The standard InChI is InChI=1S/C17H23N3O4/c1-18-17(24)13-5-3-4-12(10-13)14-11-20(9-8-19(14)2)15(21)6-7-16(22)23/h3-5,10,14H,6-9,11H2,1-2H3,(H,18,24)(H,22,23)/t14-/m1/s1. The molecule has 1 aliphatic rings. The van der Waals surface area contributed by atoms with E-state index in [1.54, 1.807) is 18.0 Å². The predicted molar refractivity (Wildman–Crippen MR) is 88.7 cm³/mol. The van der Waals surface area contributed by atoms with E-state index in [0.717, 1.165) is 5.56 Å². The van der Waals surface area contributed by atoms with Gasteiger partial charge in [-0.3, -0.25) is 19.3 Å². The highest BCUT2D eigenvalue weighted by Crippen LogP contribution is 2.25. The monoisotopic (exact) mass is 333 g/mol. The molecule has 7 heteroatoms. The van der Waals surface area contributed by atoms with E-state index in [1.807, 2.05) is 25.2 Å². The van der Waals surface area contributed by atoms with Crippen LogP contribution in [0, 0.1) is 0 Å². The molecule has 0 radical (unpaired) electrons. The molecule has 0 bridgehead atoms. The molecule has 0 aromatic heterocycles. The van der Waals surface area contributed by atoms with E-state index in [4.69, 9.17) is 5.11 Å². The lowest BCUT2D eigenvalue weighted by molar-refractivity contribution is -0.141. The Morgan fingerprint density at radius 1 is 1.25 bits per heavy atom. The Kier molecular flexibility index (Phi) is 5.92. The molecule has 0 aliphatic carbocycles. The van der Waals surface area contributed by atoms with Crippen LogP contribution < -0.4 is 5.32 Å². The molecule has 130 valence electrons. The van der Waals surface area contributed by atoms with Gasteiger partial charge in [0.1, 0.15) is 0 Å². The number of carboxylic acid groups (broad SMARTS) is 1. The molecular weight excluding hydrogens is 310 g/mol. The summed E-state index contributed by atoms with van der Waals surface area (Å²) in [5.41, 5.74) is 1.55. The highest BCUT2D eigenvalue weighted by atomic mass is 16.4. The normalized spacial score (nSPS) is 18.2. The highest BCUT2D eigenvalue weighted by molar-refractivity contribution is 5.94. The van der Waals surface area contributed by atoms with Crippen molar-refractivity contribution in [3.63, 3.8) is 0 Å². The van der Waals surface area contributed by atoms with Gasteiger partial charge in [-0.05, 0) is 24.7 Å². The lowest BCUT2D eigenvalue weighted by Gasteiger charge is -2.39. The summed E-state index contributed by atoms with van der Waals surface area (Å²) in [5, 5.41) is 11.3. The molecule has 1 heterocycles. The van der Waals surface area contributed by atoms with E-state index in [0.29, 0.717) is 25.2 Å². The van der Waals surface area contributed by atoms with Crippen molar-refractivity contribution in [1.29, 1.82) is 0 Å². The first-order valence-corrected chi connectivity index (χ1v) is 7.94. The second kappa shape index (κ2) is 7.92. The molecule has 0 unspecified atom stereocenters. The number of carbonyl (C=O) groups is 3. The molecule has 2 rings (SSSR count). The molecule has 1 fully saturated rings. The minimum absolute atomic E-state index is 0.0165. The van der Waals surface area contributed by atoms with Crippen LogP contribution in [0.4, 0.5) is 0 Å². The molecule has 1 aromatic rings. The van der Waals surface area contributed by atoms with Crippen LogP contribution in [0.1, 0.15) is 34.8 Å². The summed E-state index contributed by atoms with van der Waals surface area (Å²) in [6.07, 6.45) is -0.133. The third-order valence-electron chi connectivity index (χ3n) is 4.31. The van der Waals surface area contributed by atoms with Crippen molar-refractivity contribution < 1.29 is 19.5 Å². The number of hydrogen-bond acceptors (Lipinski definition) is 4. The van der Waals surface area contributed by atoms with Gasteiger partial charge in [0, 0.05) is 38.7 Å². The maximum Gasteiger partial charge on any atom is 0.303 e. The van der Waals surface area contributed by atoms with Crippen LogP contribution in [0.2, 0.25) is 0 Å². The minimum Gasteiger partial charge on any atom is -0.481 e. The van der Waals surface area contributed by atoms with Crippen LogP contribution in [0.25, 0.3) is 0 Å². The molecule has 1 atom stereocenters. The van der Waals surface area contributed by atoms with E-state index in [2.05, 4.69) is 10.2 Å². The summed E-state index contributed by atoms with van der Waals surface area (Å²) in [5.74, 6) is -1.25. The second-order valence-corrected chi connectivity index (χ2v) is 5.93. The molecule has 7 nitrogen and oxygen atoms in total. The van der Waals surface area contributed by atoms with Crippen molar-refractivity contribution >= 4 is 17.8 Å². The van der Waals surface area contributed by atoms with Crippen molar-refractivity contribution in [2.24, 2.45) is 0 Å². The van der Waals surface area contributed by atoms with Gasteiger partial charge in [0.05, 0.1) is 12.5 Å². The summed E-state index contributed by atoms with van der Waals surface area (Å²) in [6, 6.07) is 7.35. The topological polar surface area (TPSA) is 90.0 Å². The third kappa shape index (κ3) is 4.32. The average Bonchev–Trinajstić information content (AvgIpc) is 2.59. The molecular formula is C17H23N3O4. The van der Waals surface area contributed by atoms with Gasteiger partial charge in [-0.1, -0.05) is 12.1 Å². The van der Waals surface area contributed by atoms with Crippen LogP contribution in [0.3, 0.4) is 0 Å². The Morgan fingerprint density at radius 3 is 2.67 bits per heavy atom. The van der Waals surface area contributed by atoms with E-state index < -0.39 is 5.97 Å². The fraction of sp³-hybridized carbons (Fsp3) is 0.471. The van der Waals surface area contributed by atoms with Gasteiger partial charge in [0.2, 0.25) is 5.91 Å². The van der Waals surface area contributed by atoms with Crippen LogP contribution in [0.15, 0.2) is 24.3 Å². The first kappa shape index (κ1) is 17.9. The van der Waals surface area contributed by atoms with Crippen molar-refractivity contribution in [2.45, 2.75) is 18.9 Å². The number of carboxylic acids is 1. The van der Waals surface area contributed by atoms with E-state index in [1.165, 1.54) is 0 Å².